The number of rotatable bonds is 1. The summed E-state index contributed by atoms with van der Waals surface area (Å²) >= 11 is 3.46. The van der Waals surface area contributed by atoms with Crippen LogP contribution in [0.2, 0.25) is 0 Å². The van der Waals surface area contributed by atoms with E-state index in [1.54, 1.807) is 11.1 Å². The molecule has 108 valence electrons. The van der Waals surface area contributed by atoms with Crippen LogP contribution in [-0.4, -0.2) is 4.98 Å². The van der Waals surface area contributed by atoms with Gasteiger partial charge in [0.2, 0.25) is 0 Å². The summed E-state index contributed by atoms with van der Waals surface area (Å²) in [5.41, 5.74) is 6.25. The summed E-state index contributed by atoms with van der Waals surface area (Å²) in [6.45, 7) is 4.89. The third-order valence-electron chi connectivity index (χ3n) is 5.80. The van der Waals surface area contributed by atoms with Gasteiger partial charge < -0.3 is 0 Å². The van der Waals surface area contributed by atoms with Crippen LogP contribution in [0.4, 0.5) is 0 Å². The molecule has 2 aromatic rings. The molecule has 0 unspecified atom stereocenters. The van der Waals surface area contributed by atoms with Crippen LogP contribution in [0.3, 0.4) is 0 Å². The molecule has 0 amide bonds. The second-order valence-electron chi connectivity index (χ2n) is 7.24. The number of hydrogen-bond donors (Lipinski definition) is 0. The lowest BCUT2D eigenvalue weighted by molar-refractivity contribution is 0.188. The summed E-state index contributed by atoms with van der Waals surface area (Å²) < 4.78 is 1.03. The highest BCUT2D eigenvalue weighted by Gasteiger charge is 2.47. The van der Waals surface area contributed by atoms with Crippen molar-refractivity contribution < 1.29 is 0 Å². The van der Waals surface area contributed by atoms with E-state index in [0.717, 1.165) is 10.2 Å². The van der Waals surface area contributed by atoms with Gasteiger partial charge in [0.25, 0.3) is 0 Å². The van der Waals surface area contributed by atoms with Gasteiger partial charge in [0.05, 0.1) is 5.69 Å². The molecule has 0 spiro atoms. The predicted octanol–water partition coefficient (Wildman–Crippen LogP) is 5.61. The fourth-order valence-corrected chi connectivity index (χ4v) is 4.40. The molecular weight excluding hydrogens is 322 g/mol. The van der Waals surface area contributed by atoms with Crippen LogP contribution in [0.5, 0.6) is 0 Å². The summed E-state index contributed by atoms with van der Waals surface area (Å²) in [7, 11) is 0. The van der Waals surface area contributed by atoms with Crippen molar-refractivity contribution in [2.75, 3.05) is 0 Å². The molecule has 1 fully saturated rings. The average Bonchev–Trinajstić information content (AvgIpc) is 2.50. The summed E-state index contributed by atoms with van der Waals surface area (Å²) in [4.78, 5) is 4.55. The highest BCUT2D eigenvalue weighted by molar-refractivity contribution is 9.10. The van der Waals surface area contributed by atoms with Crippen molar-refractivity contribution >= 4 is 15.9 Å². The minimum atomic E-state index is 0.373. The molecule has 1 saturated carbocycles. The fraction of sp³-hybridized carbons (Fsp3) is 0.421. The van der Waals surface area contributed by atoms with Crippen molar-refractivity contribution in [1.29, 1.82) is 0 Å². The Morgan fingerprint density at radius 2 is 1.57 bits per heavy atom. The predicted molar refractivity (Wildman–Crippen MR) is 90.5 cm³/mol. The molecule has 21 heavy (non-hydrogen) atoms. The summed E-state index contributed by atoms with van der Waals surface area (Å²) in [6, 6.07) is 11.2. The van der Waals surface area contributed by atoms with Gasteiger partial charge in [-0.15, -0.1) is 0 Å². The maximum Gasteiger partial charge on any atom is 0.0702 e. The van der Waals surface area contributed by atoms with Crippen LogP contribution in [0.15, 0.2) is 41.0 Å². The van der Waals surface area contributed by atoms with E-state index < -0.39 is 0 Å². The highest BCUT2D eigenvalue weighted by atomic mass is 79.9. The summed E-state index contributed by atoms with van der Waals surface area (Å²) in [5, 5.41) is 0. The number of aromatic nitrogens is 1. The van der Waals surface area contributed by atoms with E-state index in [-0.39, 0.29) is 0 Å². The van der Waals surface area contributed by atoms with Crippen molar-refractivity contribution in [1.82, 2.24) is 4.98 Å². The van der Waals surface area contributed by atoms with Gasteiger partial charge in [-0.1, -0.05) is 26.0 Å². The van der Waals surface area contributed by atoms with Gasteiger partial charge in [0.1, 0.15) is 0 Å². The van der Waals surface area contributed by atoms with Gasteiger partial charge in [-0.3, -0.25) is 4.98 Å². The number of halogens is 1. The Labute approximate surface area is 134 Å². The summed E-state index contributed by atoms with van der Waals surface area (Å²) in [5.74, 6) is 0. The molecule has 5 rings (SSSR count). The molecule has 2 bridgehead atoms. The molecule has 1 nitrogen and oxygen atoms in total. The number of nitrogens with zero attached hydrogens (tertiary/aromatic N) is 1. The van der Waals surface area contributed by atoms with Gasteiger partial charge in [-0.05, 0) is 81.8 Å². The Morgan fingerprint density at radius 1 is 0.905 bits per heavy atom. The largest absolute Gasteiger partial charge is 0.255 e. The van der Waals surface area contributed by atoms with Crippen LogP contribution in [0, 0.1) is 0 Å². The SMILES string of the molecule is CC12CCC(C)(CC1)c1cc(-c3ccc(Br)cn3)ccc12. The quantitative estimate of drug-likeness (QED) is 0.656. The van der Waals surface area contributed by atoms with Crippen LogP contribution in [0.1, 0.15) is 50.7 Å². The first-order chi connectivity index (χ1) is 10.0. The topological polar surface area (TPSA) is 12.9 Å². The smallest absolute Gasteiger partial charge is 0.0702 e. The van der Waals surface area contributed by atoms with E-state index in [9.17, 15) is 0 Å². The molecule has 0 atom stereocenters. The third-order valence-corrected chi connectivity index (χ3v) is 6.27. The van der Waals surface area contributed by atoms with Crippen LogP contribution in [0.25, 0.3) is 11.3 Å². The van der Waals surface area contributed by atoms with Gasteiger partial charge in [-0.2, -0.15) is 0 Å². The van der Waals surface area contributed by atoms with Gasteiger partial charge >= 0.3 is 0 Å². The Balaban J connectivity index is 1.86. The third kappa shape index (κ3) is 1.99. The van der Waals surface area contributed by atoms with Crippen molar-refractivity contribution in [3.63, 3.8) is 0 Å². The first-order valence-corrected chi connectivity index (χ1v) is 8.57. The number of pyridine rings is 1. The molecule has 1 heterocycles. The molecule has 2 heteroatoms. The second-order valence-corrected chi connectivity index (χ2v) is 8.16. The maximum absolute atomic E-state index is 4.55. The molecule has 3 aliphatic carbocycles. The molecule has 1 aromatic carbocycles. The highest BCUT2D eigenvalue weighted by Crippen LogP contribution is 2.56. The molecule has 0 saturated heterocycles. The van der Waals surface area contributed by atoms with E-state index in [1.165, 1.54) is 31.2 Å². The Hall–Kier alpha value is -1.15. The second kappa shape index (κ2) is 4.42. The van der Waals surface area contributed by atoms with Crippen molar-refractivity contribution in [3.05, 3.63) is 52.1 Å². The van der Waals surface area contributed by atoms with Crippen LogP contribution < -0.4 is 0 Å². The molecule has 1 aromatic heterocycles. The maximum atomic E-state index is 4.55. The van der Waals surface area contributed by atoms with Gasteiger partial charge in [0, 0.05) is 16.2 Å². The molecule has 3 aliphatic rings. The average molecular weight is 342 g/mol. The molecule has 0 N–H and O–H groups in total. The Kier molecular flexibility index (Phi) is 2.85. The van der Waals surface area contributed by atoms with Crippen molar-refractivity contribution in [3.8, 4) is 11.3 Å². The lowest BCUT2D eigenvalue weighted by atomic mass is 9.52. The van der Waals surface area contributed by atoms with Crippen molar-refractivity contribution in [2.45, 2.75) is 50.4 Å². The lowest BCUT2D eigenvalue weighted by Gasteiger charge is -2.52. The zero-order valence-corrected chi connectivity index (χ0v) is 14.2. The van der Waals surface area contributed by atoms with Crippen LogP contribution in [-0.2, 0) is 10.8 Å². The van der Waals surface area contributed by atoms with Gasteiger partial charge in [-0.25, -0.2) is 0 Å². The minimum absolute atomic E-state index is 0.373. The molecular formula is C19H20BrN. The fourth-order valence-electron chi connectivity index (χ4n) is 4.17. The Bertz CT molecular complexity index is 694. The zero-order chi connectivity index (χ0) is 14.7. The van der Waals surface area contributed by atoms with E-state index in [2.05, 4.69) is 65.1 Å². The van der Waals surface area contributed by atoms with E-state index in [4.69, 9.17) is 0 Å². The minimum Gasteiger partial charge on any atom is -0.255 e. The number of benzene rings is 1. The normalized spacial score (nSPS) is 30.2. The van der Waals surface area contributed by atoms with E-state index >= 15 is 0 Å². The lowest BCUT2D eigenvalue weighted by Crippen LogP contribution is -2.44. The van der Waals surface area contributed by atoms with Gasteiger partial charge in [0.15, 0.2) is 0 Å². The zero-order valence-electron chi connectivity index (χ0n) is 12.6. The van der Waals surface area contributed by atoms with E-state index in [0.29, 0.717) is 10.8 Å². The standard InChI is InChI=1S/C19H20BrN/c1-18-7-9-19(2,10-8-18)16-11-13(3-5-15(16)18)17-6-4-14(20)12-21-17/h3-6,11-12H,7-10H2,1-2H3. The summed E-state index contributed by atoms with van der Waals surface area (Å²) in [6.07, 6.45) is 7.21. The first-order valence-electron chi connectivity index (χ1n) is 7.77. The number of fused-ring (bicyclic) bond motifs is 2. The van der Waals surface area contributed by atoms with E-state index in [1.807, 2.05) is 6.20 Å². The molecule has 0 radical (unpaired) electrons. The number of hydrogen-bond acceptors (Lipinski definition) is 1. The van der Waals surface area contributed by atoms with Crippen LogP contribution >= 0.6 is 15.9 Å². The first kappa shape index (κ1) is 13.5. The molecule has 0 aliphatic heterocycles. The monoisotopic (exact) mass is 341 g/mol. The van der Waals surface area contributed by atoms with Crippen molar-refractivity contribution in [2.24, 2.45) is 0 Å². The Morgan fingerprint density at radius 3 is 2.19 bits per heavy atom.